The number of benzene rings is 4. The lowest BCUT2D eigenvalue weighted by atomic mass is 9.79. The van der Waals surface area contributed by atoms with Crippen molar-refractivity contribution in [2.45, 2.75) is 0 Å². The smallest absolute Gasteiger partial charge is 0.187 e. The third-order valence-electron chi connectivity index (χ3n) is 6.44. The minimum atomic E-state index is -0.278. The van der Waals surface area contributed by atoms with Crippen molar-refractivity contribution in [1.29, 1.82) is 0 Å². The van der Waals surface area contributed by atoms with E-state index < -0.39 is 0 Å². The van der Waals surface area contributed by atoms with Crippen molar-refractivity contribution in [3.05, 3.63) is 107 Å². The number of ketones is 2. The summed E-state index contributed by atoms with van der Waals surface area (Å²) < 4.78 is 0. The average molecular weight is 442 g/mol. The Hall–Kier alpha value is -4.70. The van der Waals surface area contributed by atoms with E-state index in [2.05, 4.69) is 0 Å². The molecule has 162 valence electrons. The summed E-state index contributed by atoms with van der Waals surface area (Å²) in [6, 6.07) is 21.6. The number of allylic oxidation sites excluding steroid dienone is 4. The molecule has 4 aromatic carbocycles. The lowest BCUT2D eigenvalue weighted by Crippen LogP contribution is -2.14. The largest absolute Gasteiger partial charge is 0.507 e. The third-order valence-corrected chi connectivity index (χ3v) is 6.44. The molecule has 0 saturated heterocycles. The molecule has 2 N–H and O–H groups in total. The Morgan fingerprint density at radius 3 is 2.03 bits per heavy atom. The van der Waals surface area contributed by atoms with Crippen LogP contribution >= 0.6 is 0 Å². The fourth-order valence-corrected chi connectivity index (χ4v) is 4.93. The molecular formula is C30H18O4. The first-order chi connectivity index (χ1) is 16.5. The summed E-state index contributed by atoms with van der Waals surface area (Å²) in [5, 5.41) is 23.5. The molecule has 2 aliphatic rings. The summed E-state index contributed by atoms with van der Waals surface area (Å²) in [7, 11) is 0. The standard InChI is InChI=1S/C30H18O4/c31-23-13-9-17-5-1-3-7-19(17)27(23)29-21-11-16-26(34)30(22(21)12-15-25(29)33)28-20-8-4-2-6-18(20)10-14-24(28)32/h1-16,31,33H/b30-28-. The van der Waals surface area contributed by atoms with Gasteiger partial charge in [0.05, 0.1) is 0 Å². The van der Waals surface area contributed by atoms with Crippen LogP contribution in [-0.4, -0.2) is 21.8 Å². The van der Waals surface area contributed by atoms with Crippen LogP contribution in [0.1, 0.15) is 22.3 Å². The molecule has 0 unspecified atom stereocenters. The fourth-order valence-electron chi connectivity index (χ4n) is 4.93. The summed E-state index contributed by atoms with van der Waals surface area (Å²) in [5.41, 5.74) is 4.20. The highest BCUT2D eigenvalue weighted by atomic mass is 16.3. The summed E-state index contributed by atoms with van der Waals surface area (Å²) >= 11 is 0. The molecule has 4 nitrogen and oxygen atoms in total. The maximum atomic E-state index is 13.2. The number of fused-ring (bicyclic) bond motifs is 3. The zero-order valence-electron chi connectivity index (χ0n) is 17.9. The quantitative estimate of drug-likeness (QED) is 0.354. The number of hydrogen-bond donors (Lipinski definition) is 2. The fraction of sp³-hybridized carbons (Fsp3) is 0. The van der Waals surface area contributed by atoms with Gasteiger partial charge in [0.25, 0.3) is 0 Å². The van der Waals surface area contributed by atoms with Gasteiger partial charge in [0.1, 0.15) is 11.5 Å². The average Bonchev–Trinajstić information content (AvgIpc) is 2.85. The maximum Gasteiger partial charge on any atom is 0.187 e. The molecule has 34 heavy (non-hydrogen) atoms. The Kier molecular flexibility index (Phi) is 4.36. The Labute approximate surface area is 195 Å². The van der Waals surface area contributed by atoms with E-state index in [0.29, 0.717) is 39.0 Å². The lowest BCUT2D eigenvalue weighted by molar-refractivity contribution is -0.111. The van der Waals surface area contributed by atoms with E-state index in [4.69, 9.17) is 0 Å². The Morgan fingerprint density at radius 2 is 1.18 bits per heavy atom. The van der Waals surface area contributed by atoms with Gasteiger partial charge >= 0.3 is 0 Å². The van der Waals surface area contributed by atoms with Crippen LogP contribution in [0.4, 0.5) is 0 Å². The van der Waals surface area contributed by atoms with Crippen LogP contribution in [0.15, 0.2) is 84.9 Å². The number of hydrogen-bond acceptors (Lipinski definition) is 4. The molecule has 2 aliphatic carbocycles. The third kappa shape index (κ3) is 2.86. The van der Waals surface area contributed by atoms with E-state index in [0.717, 1.165) is 16.3 Å². The summed E-state index contributed by atoms with van der Waals surface area (Å²) in [5.74, 6) is -0.529. The van der Waals surface area contributed by atoms with Crippen molar-refractivity contribution in [1.82, 2.24) is 0 Å². The van der Waals surface area contributed by atoms with Gasteiger partial charge in [-0.15, -0.1) is 0 Å². The number of rotatable bonds is 1. The van der Waals surface area contributed by atoms with Gasteiger partial charge in [-0.2, -0.15) is 0 Å². The monoisotopic (exact) mass is 442 g/mol. The second-order valence-corrected chi connectivity index (χ2v) is 8.33. The Morgan fingerprint density at radius 1 is 0.529 bits per heavy atom. The van der Waals surface area contributed by atoms with Crippen molar-refractivity contribution < 1.29 is 19.8 Å². The van der Waals surface area contributed by atoms with E-state index in [1.807, 2.05) is 54.6 Å². The first-order valence-electron chi connectivity index (χ1n) is 10.9. The van der Waals surface area contributed by atoms with Crippen molar-refractivity contribution in [3.8, 4) is 22.6 Å². The van der Waals surface area contributed by atoms with Crippen molar-refractivity contribution in [2.75, 3.05) is 0 Å². The number of phenols is 2. The van der Waals surface area contributed by atoms with Crippen LogP contribution in [0.5, 0.6) is 11.5 Å². The molecular weight excluding hydrogens is 424 g/mol. The SMILES string of the molecule is O=C1C=Cc2ccccc2/C1=C1/C(=O)C=Cc2c1ccc(O)c2-c1c(O)ccc2ccccc12. The summed E-state index contributed by atoms with van der Waals surface area (Å²) in [6.07, 6.45) is 6.30. The molecule has 0 amide bonds. The zero-order valence-corrected chi connectivity index (χ0v) is 17.9. The van der Waals surface area contributed by atoms with Crippen LogP contribution in [0.3, 0.4) is 0 Å². The maximum absolute atomic E-state index is 13.2. The first kappa shape index (κ1) is 19.9. The van der Waals surface area contributed by atoms with Crippen LogP contribution in [0, 0.1) is 0 Å². The van der Waals surface area contributed by atoms with Crippen molar-refractivity contribution >= 4 is 45.6 Å². The van der Waals surface area contributed by atoms with Gasteiger partial charge in [-0.1, -0.05) is 60.7 Å². The molecule has 0 bridgehead atoms. The van der Waals surface area contributed by atoms with Gasteiger partial charge in [0.15, 0.2) is 11.6 Å². The van der Waals surface area contributed by atoms with Gasteiger partial charge in [-0.3, -0.25) is 9.59 Å². The molecule has 4 heteroatoms. The molecule has 0 heterocycles. The van der Waals surface area contributed by atoms with Gasteiger partial charge in [0.2, 0.25) is 0 Å². The molecule has 0 fully saturated rings. The van der Waals surface area contributed by atoms with E-state index in [-0.39, 0.29) is 23.1 Å². The summed E-state index contributed by atoms with van der Waals surface area (Å²) in [4.78, 5) is 26.2. The van der Waals surface area contributed by atoms with E-state index >= 15 is 0 Å². The minimum Gasteiger partial charge on any atom is -0.507 e. The second kappa shape index (κ2) is 7.42. The molecule has 0 radical (unpaired) electrons. The number of phenolic OH excluding ortho intramolecular Hbond substituents is 2. The first-order valence-corrected chi connectivity index (χ1v) is 10.9. The number of carbonyl (C=O) groups excluding carboxylic acids is 2. The lowest BCUT2D eigenvalue weighted by Gasteiger charge is -2.23. The van der Waals surface area contributed by atoms with Gasteiger partial charge in [-0.25, -0.2) is 0 Å². The molecule has 0 atom stereocenters. The van der Waals surface area contributed by atoms with E-state index in [9.17, 15) is 19.8 Å². The molecule has 0 aromatic heterocycles. The zero-order chi connectivity index (χ0) is 23.4. The topological polar surface area (TPSA) is 74.6 Å². The number of aromatic hydroxyl groups is 2. The van der Waals surface area contributed by atoms with Crippen molar-refractivity contribution in [3.63, 3.8) is 0 Å². The Balaban J connectivity index is 1.71. The van der Waals surface area contributed by atoms with Gasteiger partial charge < -0.3 is 10.2 Å². The van der Waals surface area contributed by atoms with E-state index in [1.54, 1.807) is 24.3 Å². The van der Waals surface area contributed by atoms with Crippen LogP contribution in [0.25, 0.3) is 45.2 Å². The predicted molar refractivity (Wildman–Crippen MR) is 134 cm³/mol. The molecule has 0 aliphatic heterocycles. The van der Waals surface area contributed by atoms with Gasteiger partial charge in [0, 0.05) is 22.3 Å². The molecule has 0 spiro atoms. The highest BCUT2D eigenvalue weighted by Gasteiger charge is 2.30. The highest BCUT2D eigenvalue weighted by molar-refractivity contribution is 6.47. The highest BCUT2D eigenvalue weighted by Crippen LogP contribution is 2.47. The second-order valence-electron chi connectivity index (χ2n) is 8.33. The molecule has 4 aromatic rings. The van der Waals surface area contributed by atoms with Crippen molar-refractivity contribution in [2.24, 2.45) is 0 Å². The van der Waals surface area contributed by atoms with Gasteiger partial charge in [-0.05, 0) is 69.5 Å². The van der Waals surface area contributed by atoms with Crippen LogP contribution < -0.4 is 0 Å². The van der Waals surface area contributed by atoms with E-state index in [1.165, 1.54) is 18.2 Å². The summed E-state index contributed by atoms with van der Waals surface area (Å²) in [6.45, 7) is 0. The number of carbonyl (C=O) groups is 2. The van der Waals surface area contributed by atoms with Crippen LogP contribution in [0.2, 0.25) is 0 Å². The minimum absolute atomic E-state index is 0.0175. The predicted octanol–water partition coefficient (Wildman–Crippen LogP) is 6.02. The van der Waals surface area contributed by atoms with Crippen LogP contribution in [-0.2, 0) is 9.59 Å². The Bertz CT molecular complexity index is 1650. The normalized spacial score (nSPS) is 16.6. The molecule has 0 saturated carbocycles. The molecule has 6 rings (SSSR count).